The number of ether oxygens (including phenoxy) is 1. The van der Waals surface area contributed by atoms with Crippen molar-refractivity contribution in [2.75, 3.05) is 18.2 Å². The van der Waals surface area contributed by atoms with Crippen molar-refractivity contribution in [3.8, 4) is 0 Å². The Morgan fingerprint density at radius 1 is 1.50 bits per heavy atom. The van der Waals surface area contributed by atoms with E-state index in [-0.39, 0.29) is 5.97 Å². The normalized spacial score (nSPS) is 16.6. The average Bonchev–Trinajstić information content (AvgIpc) is 2.96. The molecule has 0 aliphatic carbocycles. The lowest BCUT2D eigenvalue weighted by Gasteiger charge is -2.28. The van der Waals surface area contributed by atoms with Crippen LogP contribution in [-0.4, -0.2) is 33.6 Å². The Morgan fingerprint density at radius 3 is 2.96 bits per heavy atom. The molecule has 1 N–H and O–H groups in total. The summed E-state index contributed by atoms with van der Waals surface area (Å²) in [5.41, 5.74) is 2.06. The molecule has 126 valence electrons. The van der Waals surface area contributed by atoms with Crippen LogP contribution in [0.5, 0.6) is 0 Å². The summed E-state index contributed by atoms with van der Waals surface area (Å²) in [6.45, 7) is 3.92. The summed E-state index contributed by atoms with van der Waals surface area (Å²) in [5.74, 6) is 0.217. The molecule has 0 spiro atoms. The first-order valence-corrected chi connectivity index (χ1v) is 9.06. The number of benzene rings is 1. The second kappa shape index (κ2) is 6.86. The van der Waals surface area contributed by atoms with Gasteiger partial charge in [0.15, 0.2) is 0 Å². The Kier molecular flexibility index (Phi) is 4.82. The highest BCUT2D eigenvalue weighted by Gasteiger charge is 2.35. The number of hydrogen-bond acceptors (Lipinski definition) is 6. The van der Waals surface area contributed by atoms with Crippen molar-refractivity contribution < 1.29 is 9.53 Å². The second-order valence-electron chi connectivity index (χ2n) is 5.21. The second-order valence-corrected chi connectivity index (χ2v) is 6.42. The number of thioether (sulfide) groups is 1. The number of esters is 1. The van der Waals surface area contributed by atoms with Crippen LogP contribution in [-0.2, 0) is 9.53 Å². The molecular weight excluding hydrogens is 348 g/mol. The Balaban J connectivity index is 2.17. The van der Waals surface area contributed by atoms with Gasteiger partial charge in [0.1, 0.15) is 6.04 Å². The standard InChI is InChI=1S/C16H17ClN4O2S/c1-4-23-14(22)12-9(2)18-15-19-16(24-3)20-21(15)13(12)10-6-5-7-11(17)8-10/h5-8,13H,4H2,1-3H3,(H,18,19,20)/t13-/m0/s1. The van der Waals surface area contributed by atoms with Gasteiger partial charge in [0, 0.05) is 10.7 Å². The maximum Gasteiger partial charge on any atom is 0.338 e. The van der Waals surface area contributed by atoms with E-state index in [0.717, 1.165) is 5.56 Å². The van der Waals surface area contributed by atoms with Gasteiger partial charge in [0.25, 0.3) is 0 Å². The van der Waals surface area contributed by atoms with Gasteiger partial charge in [-0.25, -0.2) is 9.48 Å². The number of nitrogens with zero attached hydrogens (tertiary/aromatic N) is 3. The quantitative estimate of drug-likeness (QED) is 0.661. The van der Waals surface area contributed by atoms with Crippen molar-refractivity contribution in [1.82, 2.24) is 14.8 Å². The predicted molar refractivity (Wildman–Crippen MR) is 94.3 cm³/mol. The molecular formula is C16H17ClN4O2S. The lowest BCUT2D eigenvalue weighted by Crippen LogP contribution is -2.29. The van der Waals surface area contributed by atoms with Gasteiger partial charge in [0.2, 0.25) is 11.1 Å². The van der Waals surface area contributed by atoms with Crippen LogP contribution < -0.4 is 5.32 Å². The maximum absolute atomic E-state index is 12.5. The summed E-state index contributed by atoms with van der Waals surface area (Å²) < 4.78 is 6.95. The number of carbonyl (C=O) groups is 1. The van der Waals surface area contributed by atoms with Gasteiger partial charge in [-0.05, 0) is 37.8 Å². The van der Waals surface area contributed by atoms with Gasteiger partial charge < -0.3 is 10.1 Å². The molecule has 1 aliphatic rings. The van der Waals surface area contributed by atoms with Gasteiger partial charge in [-0.15, -0.1) is 5.10 Å². The summed E-state index contributed by atoms with van der Waals surface area (Å²) in [6.07, 6.45) is 1.91. The monoisotopic (exact) mass is 364 g/mol. The number of aromatic nitrogens is 3. The van der Waals surface area contributed by atoms with Crippen LogP contribution in [0.25, 0.3) is 0 Å². The summed E-state index contributed by atoms with van der Waals surface area (Å²) >= 11 is 7.59. The van der Waals surface area contributed by atoms with Crippen LogP contribution >= 0.6 is 23.4 Å². The molecule has 1 aliphatic heterocycles. The number of halogens is 1. The molecule has 24 heavy (non-hydrogen) atoms. The summed E-state index contributed by atoms with van der Waals surface area (Å²) in [4.78, 5) is 17.0. The first kappa shape index (κ1) is 16.9. The molecule has 0 unspecified atom stereocenters. The Bertz CT molecular complexity index is 818. The zero-order valence-electron chi connectivity index (χ0n) is 13.5. The third-order valence-corrected chi connectivity index (χ3v) is 4.45. The fraction of sp³-hybridized carbons (Fsp3) is 0.312. The van der Waals surface area contributed by atoms with Crippen LogP contribution in [0.4, 0.5) is 5.95 Å². The fourth-order valence-corrected chi connectivity index (χ4v) is 3.22. The summed E-state index contributed by atoms with van der Waals surface area (Å²) in [5, 5.41) is 8.87. The Labute approximate surface area is 149 Å². The minimum atomic E-state index is -0.438. The van der Waals surface area contributed by atoms with Gasteiger partial charge in [-0.1, -0.05) is 35.5 Å². The van der Waals surface area contributed by atoms with Crippen LogP contribution in [0.2, 0.25) is 5.02 Å². The van der Waals surface area contributed by atoms with E-state index in [1.165, 1.54) is 11.8 Å². The molecule has 0 radical (unpaired) electrons. The van der Waals surface area contributed by atoms with Gasteiger partial charge in [-0.2, -0.15) is 4.98 Å². The molecule has 2 aromatic rings. The van der Waals surface area contributed by atoms with E-state index < -0.39 is 6.04 Å². The number of carbonyl (C=O) groups excluding carboxylic acids is 1. The lowest BCUT2D eigenvalue weighted by molar-refractivity contribution is -0.139. The molecule has 1 atom stereocenters. The van der Waals surface area contributed by atoms with E-state index in [2.05, 4.69) is 15.4 Å². The zero-order chi connectivity index (χ0) is 17.3. The van der Waals surface area contributed by atoms with Crippen molar-refractivity contribution in [2.24, 2.45) is 0 Å². The van der Waals surface area contributed by atoms with Gasteiger partial charge in [0.05, 0.1) is 12.2 Å². The zero-order valence-corrected chi connectivity index (χ0v) is 15.1. The number of rotatable bonds is 4. The van der Waals surface area contributed by atoms with E-state index in [0.29, 0.717) is 34.0 Å². The summed E-state index contributed by atoms with van der Waals surface area (Å²) in [6, 6.07) is 6.95. The van der Waals surface area contributed by atoms with Crippen LogP contribution in [0, 0.1) is 0 Å². The highest BCUT2D eigenvalue weighted by molar-refractivity contribution is 7.98. The molecule has 0 saturated carbocycles. The molecule has 0 amide bonds. The molecule has 6 nitrogen and oxygen atoms in total. The van der Waals surface area contributed by atoms with Gasteiger partial charge >= 0.3 is 5.97 Å². The van der Waals surface area contributed by atoms with E-state index in [1.54, 1.807) is 17.7 Å². The smallest absolute Gasteiger partial charge is 0.338 e. The van der Waals surface area contributed by atoms with Crippen LogP contribution in [0.15, 0.2) is 40.7 Å². The third kappa shape index (κ3) is 3.01. The first-order chi connectivity index (χ1) is 11.5. The molecule has 8 heteroatoms. The molecule has 1 aromatic carbocycles. The Morgan fingerprint density at radius 2 is 2.29 bits per heavy atom. The van der Waals surface area contributed by atoms with Crippen molar-refractivity contribution in [2.45, 2.75) is 25.0 Å². The number of nitrogens with one attached hydrogen (secondary N) is 1. The van der Waals surface area contributed by atoms with Gasteiger partial charge in [-0.3, -0.25) is 0 Å². The van der Waals surface area contributed by atoms with Crippen LogP contribution in [0.1, 0.15) is 25.5 Å². The lowest BCUT2D eigenvalue weighted by atomic mass is 9.96. The predicted octanol–water partition coefficient (Wildman–Crippen LogP) is 3.51. The fourth-order valence-electron chi connectivity index (χ4n) is 2.68. The SMILES string of the molecule is CCOC(=O)C1=C(C)Nc2nc(SC)nn2[C@H]1c1cccc(Cl)c1. The molecule has 1 aromatic heterocycles. The number of fused-ring (bicyclic) bond motifs is 1. The van der Waals surface area contributed by atoms with Crippen molar-refractivity contribution >= 4 is 35.3 Å². The number of hydrogen-bond donors (Lipinski definition) is 1. The minimum Gasteiger partial charge on any atom is -0.463 e. The maximum atomic E-state index is 12.5. The largest absolute Gasteiger partial charge is 0.463 e. The number of allylic oxidation sites excluding steroid dienone is 1. The van der Waals surface area contributed by atoms with Crippen LogP contribution in [0.3, 0.4) is 0 Å². The van der Waals surface area contributed by atoms with Crippen molar-refractivity contribution in [3.05, 3.63) is 46.1 Å². The molecule has 0 bridgehead atoms. The Hall–Kier alpha value is -1.99. The third-order valence-electron chi connectivity index (χ3n) is 3.68. The van der Waals surface area contributed by atoms with Crippen molar-refractivity contribution in [1.29, 1.82) is 0 Å². The van der Waals surface area contributed by atoms with Crippen molar-refractivity contribution in [3.63, 3.8) is 0 Å². The molecule has 2 heterocycles. The minimum absolute atomic E-state index is 0.304. The molecule has 0 fully saturated rings. The summed E-state index contributed by atoms with van der Waals surface area (Å²) in [7, 11) is 0. The van der Waals surface area contributed by atoms with E-state index in [1.807, 2.05) is 31.4 Å². The van der Waals surface area contributed by atoms with E-state index in [4.69, 9.17) is 16.3 Å². The first-order valence-electron chi connectivity index (χ1n) is 7.46. The van der Waals surface area contributed by atoms with E-state index >= 15 is 0 Å². The number of anilines is 1. The highest BCUT2D eigenvalue weighted by Crippen LogP contribution is 2.37. The highest BCUT2D eigenvalue weighted by atomic mass is 35.5. The molecule has 0 saturated heterocycles. The van der Waals surface area contributed by atoms with E-state index in [9.17, 15) is 4.79 Å². The topological polar surface area (TPSA) is 69.0 Å². The molecule has 3 rings (SSSR count). The average molecular weight is 365 g/mol.